The van der Waals surface area contributed by atoms with Crippen molar-refractivity contribution in [2.75, 3.05) is 23.8 Å². The molecule has 16 nitrogen and oxygen atoms in total. The van der Waals surface area contributed by atoms with Gasteiger partial charge < -0.3 is 37.3 Å². The number of carbonyl (C=O) groups is 4. The van der Waals surface area contributed by atoms with E-state index in [2.05, 4.69) is 22.3 Å². The second kappa shape index (κ2) is 15.9. The second-order valence-electron chi connectivity index (χ2n) is 14.0. The molecular weight excluding hydrogens is 720 g/mol. The highest BCUT2D eigenvalue weighted by atomic mass is 35.5. The zero-order valence-corrected chi connectivity index (χ0v) is 30.3. The maximum Gasteiger partial charge on any atom is 0.354 e. The molecule has 3 saturated carbocycles. The van der Waals surface area contributed by atoms with E-state index in [4.69, 9.17) is 21.9 Å². The van der Waals surface area contributed by atoms with Gasteiger partial charge in [-0.3, -0.25) is 24.0 Å². The van der Waals surface area contributed by atoms with Crippen LogP contribution in [-0.4, -0.2) is 62.7 Å². The van der Waals surface area contributed by atoms with Crippen molar-refractivity contribution in [3.63, 3.8) is 0 Å². The first kappa shape index (κ1) is 41.4. The van der Waals surface area contributed by atoms with Gasteiger partial charge in [0.2, 0.25) is 0 Å². The minimum atomic E-state index is -1.36. The van der Waals surface area contributed by atoms with Crippen molar-refractivity contribution < 1.29 is 29.0 Å². The average molecular weight is 767 g/mol. The number of carboxylic acids is 1. The number of hydrogen-bond donors (Lipinski definition) is 5. The Balaban J connectivity index is 0.000000304. The highest BCUT2D eigenvalue weighted by Crippen LogP contribution is 2.58. The molecule has 0 saturated heterocycles. The van der Waals surface area contributed by atoms with Crippen molar-refractivity contribution >= 4 is 53.2 Å². The van der Waals surface area contributed by atoms with Crippen LogP contribution in [0.1, 0.15) is 108 Å². The number of nitrogens with two attached hydrogens (primary N) is 3. The Kier molecular flexibility index (Phi) is 12.2. The summed E-state index contributed by atoms with van der Waals surface area (Å²) in [7, 11) is 0. The van der Waals surface area contributed by atoms with Gasteiger partial charge in [0, 0.05) is 31.7 Å². The van der Waals surface area contributed by atoms with E-state index in [0.717, 1.165) is 72.0 Å². The predicted octanol–water partition coefficient (Wildman–Crippen LogP) is 2.49. The van der Waals surface area contributed by atoms with Gasteiger partial charge in [0.05, 0.1) is 18.2 Å². The first-order valence-electron chi connectivity index (χ1n) is 17.3. The van der Waals surface area contributed by atoms with E-state index >= 15 is 0 Å². The minimum Gasteiger partial charge on any atom is -0.477 e. The van der Waals surface area contributed by atoms with E-state index in [1.54, 1.807) is 4.90 Å². The largest absolute Gasteiger partial charge is 0.477 e. The van der Waals surface area contributed by atoms with E-state index in [1.165, 1.54) is 0 Å². The number of carbonyl (C=O) groups excluding carboxylic acids is 3. The van der Waals surface area contributed by atoms with Gasteiger partial charge >= 0.3 is 11.9 Å². The fourth-order valence-corrected chi connectivity index (χ4v) is 7.79. The molecule has 1 unspecified atom stereocenters. The maximum atomic E-state index is 12.8. The molecule has 4 aliphatic rings. The summed E-state index contributed by atoms with van der Waals surface area (Å²) in [6.07, 6.45) is 7.99. The molecule has 1 aliphatic heterocycles. The zero-order valence-electron chi connectivity index (χ0n) is 29.5. The first-order valence-corrected chi connectivity index (χ1v) is 17.3. The fourth-order valence-electron chi connectivity index (χ4n) is 7.79. The number of rotatable bonds is 9. The Morgan fingerprint density at radius 3 is 2.28 bits per heavy atom. The fraction of sp³-hybridized carbons (Fsp3) is 0.459. The highest BCUT2D eigenvalue weighted by Gasteiger charge is 2.54. The van der Waals surface area contributed by atoms with Crippen molar-refractivity contribution in [1.82, 2.24) is 19.9 Å². The molecule has 54 heavy (non-hydrogen) atoms. The van der Waals surface area contributed by atoms with E-state index < -0.39 is 28.6 Å². The van der Waals surface area contributed by atoms with Crippen LogP contribution in [0.15, 0.2) is 40.1 Å². The topological polar surface area (TPSA) is 255 Å². The number of halogens is 1. The molecule has 4 aromatic rings. The maximum absolute atomic E-state index is 12.8. The van der Waals surface area contributed by atoms with E-state index in [9.17, 15) is 33.9 Å². The average Bonchev–Trinajstić information content (AvgIpc) is 3.59. The number of ether oxygens (including phenoxy) is 1. The molecular formula is C37H47ClN8O8. The zero-order chi connectivity index (χ0) is 37.5. The third-order valence-electron chi connectivity index (χ3n) is 11.1. The number of esters is 1. The summed E-state index contributed by atoms with van der Waals surface area (Å²) in [5.41, 5.74) is 18.2. The Morgan fingerprint density at radius 2 is 1.70 bits per heavy atom. The molecule has 3 fully saturated rings. The Labute approximate surface area is 317 Å². The van der Waals surface area contributed by atoms with Crippen LogP contribution in [0.4, 0.5) is 11.4 Å². The minimum absolute atomic E-state index is 0. The van der Waals surface area contributed by atoms with Gasteiger partial charge in [-0.1, -0.05) is 25.6 Å². The van der Waals surface area contributed by atoms with E-state index in [1.807, 2.05) is 25.1 Å². The van der Waals surface area contributed by atoms with Crippen LogP contribution in [0, 0.1) is 10.8 Å². The summed E-state index contributed by atoms with van der Waals surface area (Å²) in [6, 6.07) is 6.97. The summed E-state index contributed by atoms with van der Waals surface area (Å²) in [5.74, 6) is -2.85. The Hall–Kier alpha value is -5.35. The van der Waals surface area contributed by atoms with Gasteiger partial charge in [0.25, 0.3) is 22.7 Å². The molecule has 2 aromatic heterocycles. The van der Waals surface area contributed by atoms with Crippen molar-refractivity contribution in [2.24, 2.45) is 22.3 Å². The number of nitrogen functional groups attached to an aromatic ring is 1. The summed E-state index contributed by atoms with van der Waals surface area (Å²) < 4.78 is 6.15. The third kappa shape index (κ3) is 7.40. The predicted molar refractivity (Wildman–Crippen MR) is 203 cm³/mol. The molecule has 3 aliphatic carbocycles. The summed E-state index contributed by atoms with van der Waals surface area (Å²) in [4.78, 5) is 77.3. The Bertz CT molecular complexity index is 2150. The van der Waals surface area contributed by atoms with Crippen LogP contribution in [-0.2, 0) is 29.0 Å². The van der Waals surface area contributed by atoms with Crippen LogP contribution >= 0.6 is 12.4 Å². The van der Waals surface area contributed by atoms with Gasteiger partial charge in [0.15, 0.2) is 11.3 Å². The smallest absolute Gasteiger partial charge is 0.354 e. The molecule has 0 radical (unpaired) electrons. The molecule has 3 heterocycles. The van der Waals surface area contributed by atoms with Gasteiger partial charge in [-0.25, -0.2) is 14.3 Å². The molecule has 0 spiro atoms. The number of nitrogens with zero attached hydrogens (tertiary/aromatic N) is 4. The molecule has 2 aromatic carbocycles. The number of primary amides is 1. The summed E-state index contributed by atoms with van der Waals surface area (Å²) in [5, 5.41) is 16.0. The van der Waals surface area contributed by atoms with Gasteiger partial charge in [-0.15, -0.1) is 12.4 Å². The van der Waals surface area contributed by atoms with E-state index in [0.29, 0.717) is 31.5 Å². The lowest BCUT2D eigenvalue weighted by atomic mass is 9.52. The molecule has 8 rings (SSSR count). The summed E-state index contributed by atoms with van der Waals surface area (Å²) in [6.45, 7) is 5.54. The number of benzene rings is 1. The van der Waals surface area contributed by atoms with Crippen molar-refractivity contribution in [3.05, 3.63) is 84.6 Å². The first-order chi connectivity index (χ1) is 24.7. The molecule has 8 N–H and O–H groups in total. The van der Waals surface area contributed by atoms with Crippen LogP contribution in [0.2, 0.25) is 0 Å². The number of amides is 2. The number of anilines is 2. The molecule has 2 bridgehead atoms. The van der Waals surface area contributed by atoms with Gasteiger partial charge in [0.1, 0.15) is 22.6 Å². The van der Waals surface area contributed by atoms with Crippen molar-refractivity contribution in [1.29, 1.82) is 0 Å². The van der Waals surface area contributed by atoms with E-state index in [-0.39, 0.29) is 77.8 Å². The van der Waals surface area contributed by atoms with Crippen molar-refractivity contribution in [3.8, 4) is 0 Å². The number of aromatic nitrogens is 3. The normalized spacial score (nSPS) is 20.4. The number of nitrogens with one attached hydrogen (secondary N) is 1. The SMILES string of the molecule is C.CCOC(=O)C12CCC(C(C)N)(CC1)CC2.Cl.NC(=O)c1cnn2c(C(=O)O)cc(C(=O)NCc3ccc4c(c3)CN(c3c(N)c(=O)c3=O)CC4)nc12. The van der Waals surface area contributed by atoms with Crippen LogP contribution in [0.5, 0.6) is 0 Å². The summed E-state index contributed by atoms with van der Waals surface area (Å²) >= 11 is 0. The molecule has 2 amide bonds. The van der Waals surface area contributed by atoms with Crippen molar-refractivity contribution in [2.45, 2.75) is 85.4 Å². The van der Waals surface area contributed by atoms with Gasteiger partial charge in [-0.2, -0.15) is 5.10 Å². The van der Waals surface area contributed by atoms with Crippen LogP contribution < -0.4 is 38.3 Å². The quantitative estimate of drug-likeness (QED) is 0.121. The van der Waals surface area contributed by atoms with Crippen LogP contribution in [0.3, 0.4) is 0 Å². The molecule has 290 valence electrons. The number of fused-ring (bicyclic) bond motifs is 5. The number of aromatic carboxylic acids is 1. The lowest BCUT2D eigenvalue weighted by Gasteiger charge is -2.53. The third-order valence-corrected chi connectivity index (χ3v) is 11.1. The molecule has 17 heteroatoms. The van der Waals surface area contributed by atoms with Gasteiger partial charge in [-0.05, 0) is 80.9 Å². The second-order valence-corrected chi connectivity index (χ2v) is 14.0. The monoisotopic (exact) mass is 766 g/mol. The lowest BCUT2D eigenvalue weighted by Crippen LogP contribution is -2.52. The Morgan fingerprint density at radius 1 is 1.04 bits per heavy atom. The highest BCUT2D eigenvalue weighted by molar-refractivity contribution is 6.01. The molecule has 1 atom stereocenters. The van der Waals surface area contributed by atoms with Crippen LogP contribution in [0.25, 0.3) is 5.65 Å². The standard InChI is InChI=1S/C23H19N7O6.C13H23NO2.CH4.ClH/c24-16-17(19(32)18(16)31)29-4-3-11-2-1-10(5-12(11)9-29)7-26-22(34)14-6-15(23(35)36)30-21(28-14)13(8-27-30)20(25)33;1-3-16-11(15)13-7-4-12(5-8-13,6-9-13)10(2)14;;/h1-2,5-6,8H,3-4,7,9,24H2,(H2,25,33)(H,26,34)(H,35,36);10H,3-9,14H2,1-2H3;1H4;1H. The lowest BCUT2D eigenvalue weighted by molar-refractivity contribution is -0.166. The number of hydrogen-bond acceptors (Lipinski definition) is 12. The number of carboxylic acid groups (broad SMARTS) is 1.